The van der Waals surface area contributed by atoms with E-state index in [-0.39, 0.29) is 12.1 Å². The van der Waals surface area contributed by atoms with Crippen molar-refractivity contribution in [3.05, 3.63) is 22.4 Å². The van der Waals surface area contributed by atoms with Crippen LogP contribution in [0.2, 0.25) is 0 Å². The lowest BCUT2D eigenvalue weighted by Gasteiger charge is -2.34. The number of aromatic nitrogens is 1. The molecule has 0 spiro atoms. The average Bonchev–Trinajstić information content (AvgIpc) is 3.13. The number of amides is 1. The van der Waals surface area contributed by atoms with E-state index in [1.165, 1.54) is 32.1 Å². The van der Waals surface area contributed by atoms with Crippen LogP contribution in [0.4, 0.5) is 10.5 Å². The number of carbonyl (C=O) groups excluding carboxylic acids is 1. The molecular weight excluding hydrogens is 406 g/mol. The molecule has 2 aliphatic rings. The van der Waals surface area contributed by atoms with Gasteiger partial charge in [0.2, 0.25) is 0 Å². The first-order chi connectivity index (χ1) is 12.8. The fourth-order valence-electron chi connectivity index (χ4n) is 4.05. The summed E-state index contributed by atoms with van der Waals surface area (Å²) in [5, 5.41) is 0. The summed E-state index contributed by atoms with van der Waals surface area (Å²) in [6.45, 7) is 8.40. The highest BCUT2D eigenvalue weighted by Gasteiger charge is 2.32. The maximum absolute atomic E-state index is 13.0. The molecule has 0 radical (unpaired) electrons. The smallest absolute Gasteiger partial charge is 0.410 e. The maximum atomic E-state index is 13.0. The Hall–Kier alpha value is -1.30. The van der Waals surface area contributed by atoms with Gasteiger partial charge in [0, 0.05) is 19.1 Å². The van der Waals surface area contributed by atoms with Crippen molar-refractivity contribution in [1.82, 2.24) is 9.88 Å². The molecule has 0 unspecified atom stereocenters. The largest absolute Gasteiger partial charge is 0.444 e. The van der Waals surface area contributed by atoms with E-state index in [2.05, 4.69) is 26.9 Å². The highest BCUT2D eigenvalue weighted by Crippen LogP contribution is 2.30. The van der Waals surface area contributed by atoms with Crippen molar-refractivity contribution in [3.63, 3.8) is 0 Å². The van der Waals surface area contributed by atoms with E-state index in [1.54, 1.807) is 0 Å². The van der Waals surface area contributed by atoms with Crippen LogP contribution in [0, 0.1) is 0 Å². The monoisotopic (exact) mass is 437 g/mol. The highest BCUT2D eigenvalue weighted by atomic mass is 79.9. The number of anilines is 1. The molecule has 1 aromatic rings. The van der Waals surface area contributed by atoms with Crippen LogP contribution in [-0.4, -0.2) is 40.7 Å². The highest BCUT2D eigenvalue weighted by molar-refractivity contribution is 9.10. The van der Waals surface area contributed by atoms with Crippen LogP contribution < -0.4 is 4.90 Å². The Balaban J connectivity index is 1.86. The first-order valence-corrected chi connectivity index (χ1v) is 11.0. The molecule has 1 aliphatic heterocycles. The molecule has 0 aromatic carbocycles. The second-order valence-corrected chi connectivity index (χ2v) is 9.51. The molecule has 3 rings (SSSR count). The van der Waals surface area contributed by atoms with Gasteiger partial charge >= 0.3 is 6.09 Å². The van der Waals surface area contributed by atoms with Crippen LogP contribution in [-0.2, 0) is 11.3 Å². The zero-order chi connectivity index (χ0) is 19.4. The van der Waals surface area contributed by atoms with E-state index in [1.807, 2.05) is 31.7 Å². The lowest BCUT2D eigenvalue weighted by molar-refractivity contribution is 0.0142. The Morgan fingerprint density at radius 1 is 1.19 bits per heavy atom. The van der Waals surface area contributed by atoms with Gasteiger partial charge in [-0.1, -0.05) is 12.8 Å². The molecule has 1 saturated heterocycles. The van der Waals surface area contributed by atoms with Gasteiger partial charge in [0.15, 0.2) is 0 Å². The predicted molar refractivity (Wildman–Crippen MR) is 112 cm³/mol. The number of carbonyl (C=O) groups is 1. The third-order valence-electron chi connectivity index (χ3n) is 5.33. The third kappa shape index (κ3) is 5.59. The number of rotatable bonds is 4. The van der Waals surface area contributed by atoms with Crippen molar-refractivity contribution in [2.24, 2.45) is 0 Å². The zero-order valence-corrected chi connectivity index (χ0v) is 18.4. The van der Waals surface area contributed by atoms with Crippen molar-refractivity contribution >= 4 is 27.7 Å². The Kier molecular flexibility index (Phi) is 6.66. The molecule has 1 aliphatic carbocycles. The van der Waals surface area contributed by atoms with Gasteiger partial charge in [0.1, 0.15) is 10.2 Å². The molecular formula is C21H32BrN3O2. The fraction of sp³-hybridized carbons (Fsp3) is 0.714. The van der Waals surface area contributed by atoms with Crippen LogP contribution >= 0.6 is 15.9 Å². The molecule has 0 bridgehead atoms. The third-order valence-corrected chi connectivity index (χ3v) is 5.77. The molecule has 2 fully saturated rings. The van der Waals surface area contributed by atoms with Gasteiger partial charge in [0.25, 0.3) is 0 Å². The molecule has 150 valence electrons. The Bertz CT molecular complexity index is 647. The summed E-state index contributed by atoms with van der Waals surface area (Å²) in [5.74, 6) is 0. The number of hydrogen-bond donors (Lipinski definition) is 0. The van der Waals surface area contributed by atoms with Gasteiger partial charge in [0.05, 0.1) is 17.9 Å². The first-order valence-electron chi connectivity index (χ1n) is 10.2. The average molecular weight is 438 g/mol. The molecule has 27 heavy (non-hydrogen) atoms. The van der Waals surface area contributed by atoms with Gasteiger partial charge in [-0.15, -0.1) is 0 Å². The summed E-state index contributed by atoms with van der Waals surface area (Å²) < 4.78 is 6.55. The van der Waals surface area contributed by atoms with Crippen LogP contribution in [0.25, 0.3) is 0 Å². The van der Waals surface area contributed by atoms with E-state index in [0.717, 1.165) is 41.9 Å². The summed E-state index contributed by atoms with van der Waals surface area (Å²) in [5.41, 5.74) is 1.63. The number of hydrogen-bond acceptors (Lipinski definition) is 4. The van der Waals surface area contributed by atoms with Crippen LogP contribution in [0.15, 0.2) is 16.7 Å². The van der Waals surface area contributed by atoms with Crippen molar-refractivity contribution < 1.29 is 9.53 Å². The number of piperidine rings is 1. The number of ether oxygens (including phenoxy) is 1. The fourth-order valence-corrected chi connectivity index (χ4v) is 4.39. The molecule has 1 amide bonds. The SMILES string of the molecule is CC(C)(C)OC(=O)N(Cc1nc(Br)ccc1N1CCCCC1)C1CCCC1. The van der Waals surface area contributed by atoms with Crippen molar-refractivity contribution in [2.45, 2.75) is 83.9 Å². The van der Waals surface area contributed by atoms with Crippen molar-refractivity contribution in [2.75, 3.05) is 18.0 Å². The Morgan fingerprint density at radius 3 is 2.48 bits per heavy atom. The van der Waals surface area contributed by atoms with E-state index in [0.29, 0.717) is 6.54 Å². The summed E-state index contributed by atoms with van der Waals surface area (Å²) >= 11 is 3.52. The van der Waals surface area contributed by atoms with Gasteiger partial charge < -0.3 is 9.64 Å². The molecule has 1 saturated carbocycles. The van der Waals surface area contributed by atoms with Crippen LogP contribution in [0.1, 0.15) is 71.4 Å². The molecule has 0 N–H and O–H groups in total. The summed E-state index contributed by atoms with van der Waals surface area (Å²) in [7, 11) is 0. The summed E-state index contributed by atoms with van der Waals surface area (Å²) in [4.78, 5) is 22.1. The Labute approximate surface area is 171 Å². The quantitative estimate of drug-likeness (QED) is 0.582. The van der Waals surface area contributed by atoms with E-state index < -0.39 is 5.60 Å². The minimum absolute atomic E-state index is 0.222. The first kappa shape index (κ1) is 20.4. The lowest BCUT2D eigenvalue weighted by Crippen LogP contribution is -2.42. The standard InChI is InChI=1S/C21H32BrN3O2/c1-21(2,3)27-20(26)25(16-9-5-6-10-16)15-17-18(11-12-19(22)23-17)24-13-7-4-8-14-24/h11-12,16H,4-10,13-15H2,1-3H3. The number of pyridine rings is 1. The molecule has 0 atom stereocenters. The molecule has 2 heterocycles. The van der Waals surface area contributed by atoms with Gasteiger partial charge in [-0.3, -0.25) is 4.90 Å². The van der Waals surface area contributed by atoms with Crippen molar-refractivity contribution in [3.8, 4) is 0 Å². The maximum Gasteiger partial charge on any atom is 0.410 e. The molecule has 5 nitrogen and oxygen atoms in total. The predicted octanol–water partition coefficient (Wildman–Crippen LogP) is 5.51. The normalized spacial score (nSPS) is 18.6. The topological polar surface area (TPSA) is 45.7 Å². The van der Waals surface area contributed by atoms with Crippen LogP contribution in [0.3, 0.4) is 0 Å². The van der Waals surface area contributed by atoms with E-state index in [4.69, 9.17) is 9.72 Å². The minimum atomic E-state index is -0.492. The zero-order valence-electron chi connectivity index (χ0n) is 16.8. The minimum Gasteiger partial charge on any atom is -0.444 e. The second-order valence-electron chi connectivity index (χ2n) is 8.69. The summed E-state index contributed by atoms with van der Waals surface area (Å²) in [6, 6.07) is 4.38. The van der Waals surface area contributed by atoms with Crippen molar-refractivity contribution in [1.29, 1.82) is 0 Å². The second kappa shape index (κ2) is 8.80. The van der Waals surface area contributed by atoms with Gasteiger partial charge in [-0.2, -0.15) is 0 Å². The van der Waals surface area contributed by atoms with Crippen LogP contribution in [0.5, 0.6) is 0 Å². The van der Waals surface area contributed by atoms with Gasteiger partial charge in [-0.25, -0.2) is 9.78 Å². The molecule has 6 heteroatoms. The number of halogens is 1. The van der Waals surface area contributed by atoms with E-state index in [9.17, 15) is 4.79 Å². The lowest BCUT2D eigenvalue weighted by atomic mass is 10.1. The summed E-state index contributed by atoms with van der Waals surface area (Å²) in [6.07, 6.45) is 7.95. The number of nitrogens with zero attached hydrogens (tertiary/aromatic N) is 3. The van der Waals surface area contributed by atoms with E-state index >= 15 is 0 Å². The van der Waals surface area contributed by atoms with Gasteiger partial charge in [-0.05, 0) is 80.9 Å². The Morgan fingerprint density at radius 2 is 1.85 bits per heavy atom. The molecule has 1 aromatic heterocycles.